The molecule has 0 unspecified atom stereocenters. The van der Waals surface area contributed by atoms with Crippen molar-refractivity contribution in [2.75, 3.05) is 12.4 Å². The zero-order chi connectivity index (χ0) is 15.2. The number of carbonyl (C=O) groups is 2. The molecule has 1 amide bonds. The average Bonchev–Trinajstić information content (AvgIpc) is 2.86. The van der Waals surface area contributed by atoms with Crippen LogP contribution >= 0.6 is 27.3 Å². The van der Waals surface area contributed by atoms with E-state index in [0.717, 1.165) is 5.56 Å². The van der Waals surface area contributed by atoms with E-state index >= 15 is 0 Å². The summed E-state index contributed by atoms with van der Waals surface area (Å²) >= 11 is 4.44. The molecule has 110 valence electrons. The molecule has 2 aromatic rings. The zero-order valence-corrected chi connectivity index (χ0v) is 13.5. The van der Waals surface area contributed by atoms with Gasteiger partial charge in [0, 0.05) is 0 Å². The second-order valence-corrected chi connectivity index (χ2v) is 6.40. The molecule has 0 aliphatic rings. The van der Waals surface area contributed by atoms with Gasteiger partial charge < -0.3 is 9.47 Å². The van der Waals surface area contributed by atoms with Crippen LogP contribution in [0.15, 0.2) is 40.2 Å². The van der Waals surface area contributed by atoms with Crippen molar-refractivity contribution in [3.8, 4) is 0 Å². The third-order valence-electron chi connectivity index (χ3n) is 2.52. The fraction of sp³-hybridized carbons (Fsp3) is 0.143. The summed E-state index contributed by atoms with van der Waals surface area (Å²) in [6, 6.07) is 10.9. The Hall–Kier alpha value is -1.86. The lowest BCUT2D eigenvalue weighted by Crippen LogP contribution is -2.15. The van der Waals surface area contributed by atoms with Gasteiger partial charge in [0.25, 0.3) is 0 Å². The van der Waals surface area contributed by atoms with Gasteiger partial charge in [0.1, 0.15) is 11.5 Å². The Morgan fingerprint density at radius 1 is 1.29 bits per heavy atom. The molecule has 0 aliphatic carbocycles. The van der Waals surface area contributed by atoms with Crippen LogP contribution in [0.25, 0.3) is 0 Å². The summed E-state index contributed by atoms with van der Waals surface area (Å²) < 4.78 is 10.5. The summed E-state index contributed by atoms with van der Waals surface area (Å²) in [5.41, 5.74) is 1.24. The van der Waals surface area contributed by atoms with Crippen LogP contribution in [0.1, 0.15) is 15.2 Å². The Labute approximate surface area is 134 Å². The standard InChI is InChI=1S/C14H12BrNO4S/c1-19-13(17)12-10(7-11(15)21-12)16-14(18)20-8-9-5-3-2-4-6-9/h2-7H,8H2,1H3,(H,16,18). The number of amides is 1. The second-order valence-electron chi connectivity index (χ2n) is 3.97. The molecular weight excluding hydrogens is 358 g/mol. The molecule has 0 fully saturated rings. The van der Waals surface area contributed by atoms with Gasteiger partial charge in [-0.25, -0.2) is 9.59 Å². The highest BCUT2D eigenvalue weighted by Gasteiger charge is 2.18. The topological polar surface area (TPSA) is 64.6 Å². The van der Waals surface area contributed by atoms with Crippen molar-refractivity contribution in [2.45, 2.75) is 6.61 Å². The summed E-state index contributed by atoms with van der Waals surface area (Å²) in [6.45, 7) is 0.158. The van der Waals surface area contributed by atoms with E-state index in [0.29, 0.717) is 14.4 Å². The Kier molecular flexibility index (Phi) is 5.35. The fourth-order valence-corrected chi connectivity index (χ4v) is 3.04. The Morgan fingerprint density at radius 2 is 2.00 bits per heavy atom. The highest BCUT2D eigenvalue weighted by atomic mass is 79.9. The third-order valence-corrected chi connectivity index (χ3v) is 4.14. The molecule has 2 rings (SSSR count). The molecule has 0 saturated heterocycles. The van der Waals surface area contributed by atoms with Gasteiger partial charge in [-0.15, -0.1) is 11.3 Å². The van der Waals surface area contributed by atoms with Crippen molar-refractivity contribution in [3.63, 3.8) is 0 Å². The predicted octanol–water partition coefficient (Wildman–Crippen LogP) is 4.05. The first-order valence-corrected chi connectivity index (χ1v) is 7.56. The van der Waals surface area contributed by atoms with Crippen molar-refractivity contribution in [3.05, 3.63) is 50.6 Å². The number of anilines is 1. The van der Waals surface area contributed by atoms with E-state index in [1.807, 2.05) is 30.3 Å². The van der Waals surface area contributed by atoms with Gasteiger partial charge in [-0.1, -0.05) is 30.3 Å². The molecule has 5 nitrogen and oxygen atoms in total. The van der Waals surface area contributed by atoms with E-state index < -0.39 is 12.1 Å². The number of benzene rings is 1. The van der Waals surface area contributed by atoms with Gasteiger partial charge >= 0.3 is 12.1 Å². The molecule has 7 heteroatoms. The Bertz CT molecular complexity index is 642. The molecule has 0 atom stereocenters. The van der Waals surface area contributed by atoms with Crippen molar-refractivity contribution in [1.29, 1.82) is 0 Å². The number of rotatable bonds is 4. The number of thiophene rings is 1. The summed E-state index contributed by atoms with van der Waals surface area (Å²) in [5.74, 6) is -0.510. The smallest absolute Gasteiger partial charge is 0.412 e. The van der Waals surface area contributed by atoms with E-state index in [1.54, 1.807) is 6.07 Å². The molecule has 1 heterocycles. The van der Waals surface area contributed by atoms with Gasteiger partial charge in [-0.3, -0.25) is 5.32 Å². The molecule has 21 heavy (non-hydrogen) atoms. The number of carbonyl (C=O) groups excluding carboxylic acids is 2. The lowest BCUT2D eigenvalue weighted by molar-refractivity contribution is 0.0607. The molecular formula is C14H12BrNO4S. The first-order valence-electron chi connectivity index (χ1n) is 5.95. The van der Waals surface area contributed by atoms with Crippen molar-refractivity contribution >= 4 is 45.0 Å². The van der Waals surface area contributed by atoms with Crippen LogP contribution in [-0.2, 0) is 16.1 Å². The lowest BCUT2D eigenvalue weighted by Gasteiger charge is -2.07. The predicted molar refractivity (Wildman–Crippen MR) is 83.6 cm³/mol. The summed E-state index contributed by atoms with van der Waals surface area (Å²) in [4.78, 5) is 23.7. The quantitative estimate of drug-likeness (QED) is 0.825. The van der Waals surface area contributed by atoms with Crippen LogP contribution in [0.5, 0.6) is 0 Å². The Balaban J connectivity index is 1.98. The Morgan fingerprint density at radius 3 is 2.67 bits per heavy atom. The lowest BCUT2D eigenvalue weighted by atomic mass is 10.2. The van der Waals surface area contributed by atoms with Crippen LogP contribution in [-0.4, -0.2) is 19.2 Å². The normalized spacial score (nSPS) is 10.0. The average molecular weight is 370 g/mol. The fourth-order valence-electron chi connectivity index (χ4n) is 1.57. The maximum Gasteiger partial charge on any atom is 0.412 e. The van der Waals surface area contributed by atoms with Crippen LogP contribution in [0.2, 0.25) is 0 Å². The number of methoxy groups -OCH3 is 1. The van der Waals surface area contributed by atoms with Crippen molar-refractivity contribution in [1.82, 2.24) is 0 Å². The minimum atomic E-state index is -0.630. The minimum absolute atomic E-state index is 0.158. The molecule has 0 aliphatic heterocycles. The first-order chi connectivity index (χ1) is 10.1. The van der Waals surface area contributed by atoms with Gasteiger partial charge in [0.2, 0.25) is 0 Å². The summed E-state index contributed by atoms with van der Waals surface area (Å²) in [7, 11) is 1.29. The monoisotopic (exact) mass is 369 g/mol. The van der Waals surface area contributed by atoms with Crippen molar-refractivity contribution in [2.24, 2.45) is 0 Å². The number of hydrogen-bond donors (Lipinski definition) is 1. The number of esters is 1. The van der Waals surface area contributed by atoms with Crippen LogP contribution in [0, 0.1) is 0 Å². The second kappa shape index (κ2) is 7.24. The van der Waals surface area contributed by atoms with Crippen molar-refractivity contribution < 1.29 is 19.1 Å². The molecule has 1 aromatic carbocycles. The first kappa shape index (κ1) is 15.5. The summed E-state index contributed by atoms with van der Waals surface area (Å²) in [5, 5.41) is 2.54. The van der Waals surface area contributed by atoms with Gasteiger partial charge in [0.05, 0.1) is 16.6 Å². The van der Waals surface area contributed by atoms with Crippen LogP contribution in [0.3, 0.4) is 0 Å². The zero-order valence-electron chi connectivity index (χ0n) is 11.1. The molecule has 0 spiro atoms. The maximum atomic E-state index is 11.8. The SMILES string of the molecule is COC(=O)c1sc(Br)cc1NC(=O)OCc1ccccc1. The molecule has 0 saturated carbocycles. The molecule has 0 bridgehead atoms. The number of halogens is 1. The number of nitrogens with one attached hydrogen (secondary N) is 1. The van der Waals surface area contributed by atoms with Gasteiger partial charge in [-0.05, 0) is 27.6 Å². The summed E-state index contributed by atoms with van der Waals surface area (Å²) in [6.07, 6.45) is -0.630. The highest BCUT2D eigenvalue weighted by molar-refractivity contribution is 9.11. The van der Waals surface area contributed by atoms with Crippen LogP contribution in [0.4, 0.5) is 10.5 Å². The molecule has 0 radical (unpaired) electrons. The molecule has 1 aromatic heterocycles. The maximum absolute atomic E-state index is 11.8. The van der Waals surface area contributed by atoms with Gasteiger partial charge in [0.15, 0.2) is 0 Å². The highest BCUT2D eigenvalue weighted by Crippen LogP contribution is 2.31. The van der Waals surface area contributed by atoms with E-state index in [1.165, 1.54) is 18.4 Å². The van der Waals surface area contributed by atoms with E-state index in [-0.39, 0.29) is 6.61 Å². The van der Waals surface area contributed by atoms with E-state index in [9.17, 15) is 9.59 Å². The van der Waals surface area contributed by atoms with E-state index in [2.05, 4.69) is 26.0 Å². The minimum Gasteiger partial charge on any atom is -0.465 e. The largest absolute Gasteiger partial charge is 0.465 e. The number of hydrogen-bond acceptors (Lipinski definition) is 5. The third kappa shape index (κ3) is 4.30. The molecule has 1 N–H and O–H groups in total. The number of ether oxygens (including phenoxy) is 2. The van der Waals surface area contributed by atoms with Gasteiger partial charge in [-0.2, -0.15) is 0 Å². The van der Waals surface area contributed by atoms with E-state index in [4.69, 9.17) is 4.74 Å². The van der Waals surface area contributed by atoms with Crippen LogP contribution < -0.4 is 5.32 Å².